The second kappa shape index (κ2) is 9.77. The third kappa shape index (κ3) is 4.99. The molecule has 0 bridgehead atoms. The number of thiazole rings is 1. The van der Waals surface area contributed by atoms with Crippen molar-refractivity contribution in [2.45, 2.75) is 20.4 Å². The average Bonchev–Trinajstić information content (AvgIpc) is 3.34. The van der Waals surface area contributed by atoms with Crippen LogP contribution in [-0.2, 0) is 6.54 Å². The molecule has 0 saturated carbocycles. The summed E-state index contributed by atoms with van der Waals surface area (Å²) >= 11 is 7.53. The summed E-state index contributed by atoms with van der Waals surface area (Å²) in [6.45, 7) is 4.36. The van der Waals surface area contributed by atoms with E-state index in [2.05, 4.69) is 25.4 Å². The molecule has 5 rings (SSSR count). The quantitative estimate of drug-likeness (QED) is 0.236. The smallest absolute Gasteiger partial charge is 0.232 e. The van der Waals surface area contributed by atoms with E-state index in [0.29, 0.717) is 38.5 Å². The molecule has 1 N–H and O–H groups in total. The van der Waals surface area contributed by atoms with Gasteiger partial charge in [0.1, 0.15) is 0 Å². The Morgan fingerprint density at radius 1 is 0.914 bits per heavy atom. The summed E-state index contributed by atoms with van der Waals surface area (Å²) in [6, 6.07) is 23.1. The van der Waals surface area contributed by atoms with E-state index < -0.39 is 0 Å². The third-order valence-electron chi connectivity index (χ3n) is 5.44. The van der Waals surface area contributed by atoms with E-state index in [4.69, 9.17) is 11.6 Å². The predicted molar refractivity (Wildman–Crippen MR) is 141 cm³/mol. The fourth-order valence-corrected chi connectivity index (χ4v) is 4.52. The number of hydrogen-bond acceptors (Lipinski definition) is 7. The zero-order valence-electron chi connectivity index (χ0n) is 19.1. The van der Waals surface area contributed by atoms with Crippen LogP contribution in [0.3, 0.4) is 0 Å². The third-order valence-corrected chi connectivity index (χ3v) is 6.60. The van der Waals surface area contributed by atoms with E-state index in [1.807, 2.05) is 74.5 Å². The van der Waals surface area contributed by atoms with E-state index >= 15 is 0 Å². The lowest BCUT2D eigenvalue weighted by atomic mass is 10.2. The van der Waals surface area contributed by atoms with Crippen LogP contribution < -0.4 is 0 Å². The summed E-state index contributed by atoms with van der Waals surface area (Å²) in [5.41, 5.74) is 4.84. The lowest BCUT2D eigenvalue weighted by Gasteiger charge is -2.07. The van der Waals surface area contributed by atoms with Gasteiger partial charge in [0.05, 0.1) is 23.4 Å². The van der Waals surface area contributed by atoms with Crippen LogP contribution in [0.1, 0.15) is 16.8 Å². The van der Waals surface area contributed by atoms with Crippen LogP contribution in [0.4, 0.5) is 21.5 Å². The van der Waals surface area contributed by atoms with Crippen LogP contribution in [0, 0.1) is 13.8 Å². The van der Waals surface area contributed by atoms with Gasteiger partial charge in [-0.2, -0.15) is 0 Å². The second-order valence-electron chi connectivity index (χ2n) is 8.03. The van der Waals surface area contributed by atoms with Gasteiger partial charge in [-0.3, -0.25) is 0 Å². The highest BCUT2D eigenvalue weighted by Crippen LogP contribution is 2.42. The van der Waals surface area contributed by atoms with Gasteiger partial charge in [0, 0.05) is 10.4 Å². The van der Waals surface area contributed by atoms with E-state index in [0.717, 1.165) is 22.3 Å². The van der Waals surface area contributed by atoms with E-state index in [9.17, 15) is 5.11 Å². The minimum Gasteiger partial charge on any atom is -0.493 e. The normalized spacial score (nSPS) is 11.9. The summed E-state index contributed by atoms with van der Waals surface area (Å²) in [4.78, 5) is 4.44. The minimum atomic E-state index is 0.0161. The van der Waals surface area contributed by atoms with E-state index in [1.165, 1.54) is 11.3 Å². The summed E-state index contributed by atoms with van der Waals surface area (Å²) in [7, 11) is 0. The van der Waals surface area contributed by atoms with Crippen LogP contribution >= 0.6 is 22.9 Å². The number of aromatic nitrogens is 2. The van der Waals surface area contributed by atoms with Crippen LogP contribution in [0.2, 0.25) is 5.02 Å². The first-order valence-electron chi connectivity index (χ1n) is 10.9. The molecule has 0 aliphatic rings. The summed E-state index contributed by atoms with van der Waals surface area (Å²) < 4.78 is 1.80. The average molecular weight is 501 g/mol. The molecule has 0 spiro atoms. The monoisotopic (exact) mass is 500 g/mol. The molecule has 2 aromatic heterocycles. The number of benzene rings is 3. The number of rotatable bonds is 6. The van der Waals surface area contributed by atoms with Crippen molar-refractivity contribution in [3.8, 4) is 5.88 Å². The van der Waals surface area contributed by atoms with Crippen LogP contribution in [0.15, 0.2) is 93.3 Å². The molecule has 2 heterocycles. The Hall–Kier alpha value is -3.88. The molecule has 0 fully saturated rings. The number of hydrogen-bond donors (Lipinski definition) is 1. The number of aryl methyl sites for hydroxylation is 2. The van der Waals surface area contributed by atoms with Crippen LogP contribution in [0.25, 0.3) is 10.9 Å². The van der Waals surface area contributed by atoms with Crippen molar-refractivity contribution in [1.82, 2.24) is 9.55 Å². The number of nitrogens with zero attached hydrogens (tertiary/aromatic N) is 6. The molecule has 0 saturated heterocycles. The highest BCUT2D eigenvalue weighted by atomic mass is 35.5. The maximum absolute atomic E-state index is 11.0. The maximum atomic E-state index is 11.0. The molecule has 0 atom stereocenters. The molecule has 5 aromatic rings. The van der Waals surface area contributed by atoms with Gasteiger partial charge >= 0.3 is 0 Å². The van der Waals surface area contributed by atoms with Crippen molar-refractivity contribution < 1.29 is 5.11 Å². The Bertz CT molecular complexity index is 1550. The topological polar surface area (TPSA) is 87.5 Å². The Morgan fingerprint density at radius 3 is 2.46 bits per heavy atom. The Labute approximate surface area is 211 Å². The number of azo groups is 2. The fraction of sp³-hybridized carbons (Fsp3) is 0.115. The van der Waals surface area contributed by atoms with Crippen molar-refractivity contribution in [3.63, 3.8) is 0 Å². The summed E-state index contributed by atoms with van der Waals surface area (Å²) in [5, 5.41) is 30.6. The van der Waals surface area contributed by atoms with Gasteiger partial charge in [-0.1, -0.05) is 71.0 Å². The Kier molecular flexibility index (Phi) is 6.39. The molecule has 9 heteroatoms. The number of halogens is 1. The molecule has 0 unspecified atom stereocenters. The maximum Gasteiger partial charge on any atom is 0.232 e. The van der Waals surface area contributed by atoms with Gasteiger partial charge in [0.2, 0.25) is 11.0 Å². The molecule has 0 aliphatic heterocycles. The van der Waals surface area contributed by atoms with Crippen molar-refractivity contribution >= 4 is 55.3 Å². The lowest BCUT2D eigenvalue weighted by molar-refractivity contribution is 0.429. The van der Waals surface area contributed by atoms with Gasteiger partial charge in [0.25, 0.3) is 0 Å². The van der Waals surface area contributed by atoms with E-state index in [-0.39, 0.29) is 5.88 Å². The molecule has 0 radical (unpaired) electrons. The van der Waals surface area contributed by atoms with Crippen LogP contribution in [0.5, 0.6) is 5.88 Å². The van der Waals surface area contributed by atoms with Gasteiger partial charge in [-0.25, -0.2) is 4.98 Å². The molecule has 35 heavy (non-hydrogen) atoms. The molecule has 7 nitrogen and oxygen atoms in total. The van der Waals surface area contributed by atoms with Crippen molar-refractivity contribution in [2.24, 2.45) is 20.5 Å². The summed E-state index contributed by atoms with van der Waals surface area (Å²) in [6.07, 6.45) is 0. The standard InChI is InChI=1S/C26H21ClN6OS/c1-16-8-11-20(12-9-16)29-31-24-17(2)28-26(35-24)32-30-23-21-14-19(27)10-13-22(21)33(25(23)34)15-18-6-4-3-5-7-18/h3-14,34H,15H2,1-2H3. The largest absolute Gasteiger partial charge is 0.493 e. The van der Waals surface area contributed by atoms with Crippen molar-refractivity contribution in [3.05, 3.63) is 94.6 Å². The Balaban J connectivity index is 1.46. The lowest BCUT2D eigenvalue weighted by Crippen LogP contribution is -1.98. The first-order valence-corrected chi connectivity index (χ1v) is 12.1. The number of fused-ring (bicyclic) bond motifs is 1. The van der Waals surface area contributed by atoms with Gasteiger partial charge in [-0.05, 0) is 49.7 Å². The minimum absolute atomic E-state index is 0.0161. The predicted octanol–water partition coefficient (Wildman–Crippen LogP) is 8.95. The molecule has 3 aromatic carbocycles. The molecular formula is C26H21ClN6OS. The fourth-order valence-electron chi connectivity index (χ4n) is 3.64. The van der Waals surface area contributed by atoms with Crippen molar-refractivity contribution in [1.29, 1.82) is 0 Å². The molecule has 0 aliphatic carbocycles. The SMILES string of the molecule is Cc1ccc(N=Nc2sc(N=Nc3c(O)n(Cc4ccccc4)c4ccc(Cl)cc34)nc2C)cc1. The highest BCUT2D eigenvalue weighted by Gasteiger charge is 2.18. The zero-order valence-corrected chi connectivity index (χ0v) is 20.6. The van der Waals surface area contributed by atoms with E-state index in [1.54, 1.807) is 16.7 Å². The van der Waals surface area contributed by atoms with Gasteiger partial charge < -0.3 is 9.67 Å². The van der Waals surface area contributed by atoms with Crippen LogP contribution in [-0.4, -0.2) is 14.7 Å². The molecule has 174 valence electrons. The van der Waals surface area contributed by atoms with Crippen molar-refractivity contribution in [2.75, 3.05) is 0 Å². The van der Waals surface area contributed by atoms with Gasteiger partial charge in [0.15, 0.2) is 10.7 Å². The molecular weight excluding hydrogens is 480 g/mol. The highest BCUT2D eigenvalue weighted by molar-refractivity contribution is 7.19. The zero-order chi connectivity index (χ0) is 24.4. The summed E-state index contributed by atoms with van der Waals surface area (Å²) in [5.74, 6) is 0.0161. The first kappa shape index (κ1) is 22.9. The molecule has 0 amide bonds. The second-order valence-corrected chi connectivity index (χ2v) is 9.42. The first-order chi connectivity index (χ1) is 17.0. The van der Waals surface area contributed by atoms with Gasteiger partial charge in [-0.15, -0.1) is 20.5 Å². The number of aromatic hydroxyl groups is 1. The Morgan fingerprint density at radius 2 is 1.69 bits per heavy atom.